The van der Waals surface area contributed by atoms with Gasteiger partial charge in [0, 0.05) is 4.47 Å². The first kappa shape index (κ1) is 16.0. The standard InChI is InChI=1S/C16H18BrNO2S/c1-3-12-6-5-7-13(4-2)16(12)18-21(19,20)15-10-8-14(17)9-11-15/h5-11,18H,3-4H2,1-2H3. The molecule has 2 aromatic rings. The molecule has 0 amide bonds. The topological polar surface area (TPSA) is 46.2 Å². The van der Waals surface area contributed by atoms with E-state index < -0.39 is 10.0 Å². The first-order chi connectivity index (χ1) is 9.97. The third-order valence-corrected chi connectivity index (χ3v) is 5.25. The van der Waals surface area contributed by atoms with Crippen LogP contribution in [-0.4, -0.2) is 8.42 Å². The summed E-state index contributed by atoms with van der Waals surface area (Å²) < 4.78 is 28.6. The van der Waals surface area contributed by atoms with Gasteiger partial charge in [0.25, 0.3) is 10.0 Å². The maximum atomic E-state index is 12.5. The van der Waals surface area contributed by atoms with Crippen LogP contribution in [0.4, 0.5) is 5.69 Å². The lowest BCUT2D eigenvalue weighted by molar-refractivity contribution is 0.601. The zero-order valence-electron chi connectivity index (χ0n) is 12.1. The Morgan fingerprint density at radius 3 is 1.95 bits per heavy atom. The van der Waals surface area contributed by atoms with Crippen molar-refractivity contribution in [2.75, 3.05) is 4.72 Å². The Morgan fingerprint density at radius 2 is 1.48 bits per heavy atom. The average Bonchev–Trinajstić information content (AvgIpc) is 2.47. The van der Waals surface area contributed by atoms with Crippen molar-refractivity contribution in [3.63, 3.8) is 0 Å². The first-order valence-corrected chi connectivity index (χ1v) is 9.14. The summed E-state index contributed by atoms with van der Waals surface area (Å²) in [6.07, 6.45) is 1.57. The van der Waals surface area contributed by atoms with E-state index in [-0.39, 0.29) is 4.90 Å². The van der Waals surface area contributed by atoms with E-state index in [9.17, 15) is 8.42 Å². The van der Waals surface area contributed by atoms with Crippen molar-refractivity contribution in [2.45, 2.75) is 31.6 Å². The summed E-state index contributed by atoms with van der Waals surface area (Å²) in [6.45, 7) is 4.04. The molecule has 0 heterocycles. The number of anilines is 1. The Kier molecular flexibility index (Phi) is 5.06. The summed E-state index contributed by atoms with van der Waals surface area (Å²) >= 11 is 3.31. The van der Waals surface area contributed by atoms with Gasteiger partial charge in [0.2, 0.25) is 0 Å². The molecular weight excluding hydrogens is 350 g/mol. The van der Waals surface area contributed by atoms with Crippen molar-refractivity contribution < 1.29 is 8.42 Å². The summed E-state index contributed by atoms with van der Waals surface area (Å²) in [6, 6.07) is 12.5. The van der Waals surface area contributed by atoms with E-state index in [1.54, 1.807) is 24.3 Å². The molecule has 0 aliphatic rings. The molecule has 1 N–H and O–H groups in total. The van der Waals surface area contributed by atoms with Crippen LogP contribution >= 0.6 is 15.9 Å². The van der Waals surface area contributed by atoms with E-state index in [0.29, 0.717) is 5.69 Å². The van der Waals surface area contributed by atoms with Gasteiger partial charge in [-0.1, -0.05) is 48.0 Å². The Hall–Kier alpha value is -1.33. The van der Waals surface area contributed by atoms with Gasteiger partial charge >= 0.3 is 0 Å². The van der Waals surface area contributed by atoms with Gasteiger partial charge in [-0.2, -0.15) is 0 Å². The molecule has 0 saturated carbocycles. The molecule has 0 spiro atoms. The van der Waals surface area contributed by atoms with E-state index in [1.165, 1.54) is 0 Å². The largest absolute Gasteiger partial charge is 0.279 e. The van der Waals surface area contributed by atoms with Crippen LogP contribution in [0.2, 0.25) is 0 Å². The van der Waals surface area contributed by atoms with Gasteiger partial charge in [-0.05, 0) is 48.2 Å². The fraction of sp³-hybridized carbons (Fsp3) is 0.250. The molecule has 0 bridgehead atoms. The van der Waals surface area contributed by atoms with Crippen molar-refractivity contribution >= 4 is 31.6 Å². The number of nitrogens with one attached hydrogen (secondary N) is 1. The summed E-state index contributed by atoms with van der Waals surface area (Å²) in [4.78, 5) is 0.263. The molecule has 0 radical (unpaired) electrons. The van der Waals surface area contributed by atoms with E-state index in [2.05, 4.69) is 20.7 Å². The highest BCUT2D eigenvalue weighted by molar-refractivity contribution is 9.10. The zero-order valence-corrected chi connectivity index (χ0v) is 14.5. The monoisotopic (exact) mass is 367 g/mol. The molecule has 2 rings (SSSR count). The van der Waals surface area contributed by atoms with Crippen LogP contribution in [0.25, 0.3) is 0 Å². The van der Waals surface area contributed by atoms with E-state index in [1.807, 2.05) is 32.0 Å². The number of rotatable bonds is 5. The summed E-state index contributed by atoms with van der Waals surface area (Å²) in [5.41, 5.74) is 2.73. The fourth-order valence-corrected chi connectivity index (χ4v) is 3.59. The van der Waals surface area contributed by atoms with Crippen LogP contribution in [0.15, 0.2) is 51.8 Å². The van der Waals surface area contributed by atoms with Crippen molar-refractivity contribution in [1.82, 2.24) is 0 Å². The minimum atomic E-state index is -3.57. The van der Waals surface area contributed by atoms with Crippen LogP contribution in [0.5, 0.6) is 0 Å². The van der Waals surface area contributed by atoms with Crippen molar-refractivity contribution in [3.05, 3.63) is 58.1 Å². The molecule has 0 aliphatic carbocycles. The molecule has 112 valence electrons. The number of halogens is 1. The Balaban J connectivity index is 2.43. The summed E-state index contributed by atoms with van der Waals surface area (Å²) in [5, 5.41) is 0. The van der Waals surface area contributed by atoms with Gasteiger partial charge in [-0.25, -0.2) is 8.42 Å². The second kappa shape index (κ2) is 6.62. The number of hydrogen-bond donors (Lipinski definition) is 1. The van der Waals surface area contributed by atoms with Crippen LogP contribution < -0.4 is 4.72 Å². The van der Waals surface area contributed by atoms with Crippen LogP contribution in [0, 0.1) is 0 Å². The van der Waals surface area contributed by atoms with Crippen molar-refractivity contribution in [3.8, 4) is 0 Å². The van der Waals surface area contributed by atoms with Crippen LogP contribution in [0.3, 0.4) is 0 Å². The van der Waals surface area contributed by atoms with Crippen molar-refractivity contribution in [1.29, 1.82) is 0 Å². The second-order valence-corrected chi connectivity index (χ2v) is 7.32. The lowest BCUT2D eigenvalue weighted by Gasteiger charge is -2.15. The lowest BCUT2D eigenvalue weighted by atomic mass is 10.0. The highest BCUT2D eigenvalue weighted by Crippen LogP contribution is 2.26. The van der Waals surface area contributed by atoms with E-state index in [0.717, 1.165) is 28.4 Å². The highest BCUT2D eigenvalue weighted by Gasteiger charge is 2.17. The summed E-state index contributed by atoms with van der Waals surface area (Å²) in [5.74, 6) is 0. The van der Waals surface area contributed by atoms with Gasteiger partial charge in [-0.3, -0.25) is 4.72 Å². The normalized spacial score (nSPS) is 11.4. The van der Waals surface area contributed by atoms with Crippen LogP contribution in [0.1, 0.15) is 25.0 Å². The minimum Gasteiger partial charge on any atom is -0.279 e. The van der Waals surface area contributed by atoms with Gasteiger partial charge < -0.3 is 0 Å². The third-order valence-electron chi connectivity index (χ3n) is 3.36. The molecule has 5 heteroatoms. The number of para-hydroxylation sites is 1. The zero-order chi connectivity index (χ0) is 15.5. The van der Waals surface area contributed by atoms with Crippen LogP contribution in [-0.2, 0) is 22.9 Å². The molecule has 0 fully saturated rings. The smallest absolute Gasteiger partial charge is 0.261 e. The van der Waals surface area contributed by atoms with Crippen molar-refractivity contribution in [2.24, 2.45) is 0 Å². The third kappa shape index (κ3) is 3.66. The Labute approximate surface area is 134 Å². The fourth-order valence-electron chi connectivity index (χ4n) is 2.18. The molecule has 0 unspecified atom stereocenters. The first-order valence-electron chi connectivity index (χ1n) is 6.87. The maximum Gasteiger partial charge on any atom is 0.261 e. The Morgan fingerprint density at radius 1 is 0.952 bits per heavy atom. The number of benzene rings is 2. The quantitative estimate of drug-likeness (QED) is 0.852. The van der Waals surface area contributed by atoms with Gasteiger partial charge in [-0.15, -0.1) is 0 Å². The van der Waals surface area contributed by atoms with Gasteiger partial charge in [0.15, 0.2) is 0 Å². The van der Waals surface area contributed by atoms with Gasteiger partial charge in [0.1, 0.15) is 0 Å². The molecule has 0 atom stereocenters. The molecule has 0 saturated heterocycles. The lowest BCUT2D eigenvalue weighted by Crippen LogP contribution is -2.15. The number of hydrogen-bond acceptors (Lipinski definition) is 2. The molecule has 21 heavy (non-hydrogen) atoms. The Bertz CT molecular complexity index is 702. The molecule has 0 aromatic heterocycles. The molecule has 3 nitrogen and oxygen atoms in total. The summed E-state index contributed by atoms with van der Waals surface area (Å²) in [7, 11) is -3.57. The average molecular weight is 368 g/mol. The predicted octanol–water partition coefficient (Wildman–Crippen LogP) is 4.37. The minimum absolute atomic E-state index is 0.263. The molecule has 0 aliphatic heterocycles. The van der Waals surface area contributed by atoms with Gasteiger partial charge in [0.05, 0.1) is 10.6 Å². The SMILES string of the molecule is CCc1cccc(CC)c1NS(=O)(=O)c1ccc(Br)cc1. The number of aryl methyl sites for hydroxylation is 2. The highest BCUT2D eigenvalue weighted by atomic mass is 79.9. The molecule has 2 aromatic carbocycles. The van der Waals surface area contributed by atoms with E-state index in [4.69, 9.17) is 0 Å². The van der Waals surface area contributed by atoms with E-state index >= 15 is 0 Å². The maximum absolute atomic E-state index is 12.5. The molecular formula is C16H18BrNO2S. The second-order valence-electron chi connectivity index (χ2n) is 4.72. The predicted molar refractivity (Wildman–Crippen MR) is 90.1 cm³/mol. The number of sulfonamides is 1.